The van der Waals surface area contributed by atoms with Gasteiger partial charge in [-0.15, -0.1) is 0 Å². The summed E-state index contributed by atoms with van der Waals surface area (Å²) in [5.74, 6) is 0. The first-order valence-corrected chi connectivity index (χ1v) is 7.45. The van der Waals surface area contributed by atoms with Gasteiger partial charge < -0.3 is 5.73 Å². The Morgan fingerprint density at radius 3 is 2.65 bits per heavy atom. The smallest absolute Gasteiger partial charge is 0.0390 e. The second kappa shape index (κ2) is 4.24. The molecule has 100 valence electrons. The van der Waals surface area contributed by atoms with Gasteiger partial charge in [0.15, 0.2) is 0 Å². The Hall–Kier alpha value is -2.02. The number of nitrogens with two attached hydrogens (primary N) is 1. The number of hydrogen-bond acceptors (Lipinski definition) is 1. The molecule has 2 aliphatic carbocycles. The highest BCUT2D eigenvalue weighted by molar-refractivity contribution is 5.55. The third-order valence-corrected chi connectivity index (χ3v) is 4.81. The normalized spacial score (nSPS) is 15.9. The standard InChI is InChI=1S/C19H19N/c1-12-4-2-5-14-13(12)8-9-17-15-6-3-7-19(20)18(15)11-10-16(14)17/h3,6-9,11H,2,4-5,10,20H2,1H3. The lowest BCUT2D eigenvalue weighted by atomic mass is 9.86. The zero-order chi connectivity index (χ0) is 13.7. The molecule has 0 bridgehead atoms. The van der Waals surface area contributed by atoms with Crippen molar-refractivity contribution in [3.05, 3.63) is 62.3 Å². The van der Waals surface area contributed by atoms with Crippen LogP contribution in [0.3, 0.4) is 0 Å². The Kier molecular flexibility index (Phi) is 2.50. The number of fused-ring (bicyclic) bond motifs is 4. The van der Waals surface area contributed by atoms with E-state index in [1.165, 1.54) is 45.7 Å². The van der Waals surface area contributed by atoms with Gasteiger partial charge in [0.1, 0.15) is 0 Å². The Bertz CT molecular complexity index is 919. The molecule has 0 saturated carbocycles. The van der Waals surface area contributed by atoms with Gasteiger partial charge >= 0.3 is 0 Å². The van der Waals surface area contributed by atoms with Crippen molar-refractivity contribution in [2.75, 3.05) is 5.73 Å². The molecule has 0 spiro atoms. The summed E-state index contributed by atoms with van der Waals surface area (Å²) in [6.07, 6.45) is 7.09. The zero-order valence-electron chi connectivity index (χ0n) is 11.9. The fourth-order valence-electron chi connectivity index (χ4n) is 3.78. The Morgan fingerprint density at radius 2 is 1.75 bits per heavy atom. The first-order valence-electron chi connectivity index (χ1n) is 7.45. The maximum Gasteiger partial charge on any atom is 0.0390 e. The van der Waals surface area contributed by atoms with Crippen LogP contribution in [0, 0.1) is 10.4 Å². The molecule has 0 atom stereocenters. The van der Waals surface area contributed by atoms with Crippen LogP contribution >= 0.6 is 0 Å². The van der Waals surface area contributed by atoms with E-state index >= 15 is 0 Å². The van der Waals surface area contributed by atoms with Crippen LogP contribution in [0.15, 0.2) is 30.3 Å². The molecule has 2 aromatic carbocycles. The summed E-state index contributed by atoms with van der Waals surface area (Å²) in [7, 11) is 0. The molecule has 2 N–H and O–H groups in total. The molecule has 0 fully saturated rings. The van der Waals surface area contributed by atoms with E-state index in [9.17, 15) is 0 Å². The maximum atomic E-state index is 6.12. The van der Waals surface area contributed by atoms with Crippen LogP contribution in [0.5, 0.6) is 0 Å². The van der Waals surface area contributed by atoms with Crippen LogP contribution in [-0.4, -0.2) is 0 Å². The molecular weight excluding hydrogens is 242 g/mol. The van der Waals surface area contributed by atoms with Crippen molar-refractivity contribution in [3.8, 4) is 0 Å². The highest BCUT2D eigenvalue weighted by Crippen LogP contribution is 2.20. The van der Waals surface area contributed by atoms with Gasteiger partial charge in [-0.2, -0.15) is 0 Å². The van der Waals surface area contributed by atoms with Crippen LogP contribution in [0.25, 0.3) is 11.6 Å². The van der Waals surface area contributed by atoms with Crippen molar-refractivity contribution in [1.29, 1.82) is 0 Å². The van der Waals surface area contributed by atoms with Gasteiger partial charge in [0.2, 0.25) is 0 Å². The van der Waals surface area contributed by atoms with Crippen LogP contribution in [-0.2, 0) is 12.8 Å². The number of nitrogen functional groups attached to an aromatic ring is 1. The lowest BCUT2D eigenvalue weighted by Gasteiger charge is -2.19. The Labute approximate surface area is 118 Å². The fourth-order valence-corrected chi connectivity index (χ4v) is 3.78. The lowest BCUT2D eigenvalue weighted by Crippen LogP contribution is -2.22. The number of rotatable bonds is 0. The van der Waals surface area contributed by atoms with E-state index in [-0.39, 0.29) is 0 Å². The van der Waals surface area contributed by atoms with Crippen molar-refractivity contribution in [2.24, 2.45) is 0 Å². The third-order valence-electron chi connectivity index (χ3n) is 4.81. The summed E-state index contributed by atoms with van der Waals surface area (Å²) >= 11 is 0. The molecule has 1 nitrogen and oxygen atoms in total. The molecule has 20 heavy (non-hydrogen) atoms. The van der Waals surface area contributed by atoms with E-state index in [1.807, 2.05) is 6.07 Å². The van der Waals surface area contributed by atoms with Gasteiger partial charge in [-0.05, 0) is 65.5 Å². The first kappa shape index (κ1) is 11.8. The van der Waals surface area contributed by atoms with Gasteiger partial charge in [0.05, 0.1) is 0 Å². The summed E-state index contributed by atoms with van der Waals surface area (Å²) in [5.41, 5.74) is 11.7. The summed E-state index contributed by atoms with van der Waals surface area (Å²) in [4.78, 5) is 0. The van der Waals surface area contributed by atoms with Crippen molar-refractivity contribution in [1.82, 2.24) is 0 Å². The minimum atomic E-state index is 0.897. The molecule has 0 amide bonds. The van der Waals surface area contributed by atoms with Crippen LogP contribution < -0.4 is 16.2 Å². The molecule has 4 rings (SSSR count). The summed E-state index contributed by atoms with van der Waals surface area (Å²) < 4.78 is 0. The molecule has 1 heteroatoms. The average Bonchev–Trinajstić information content (AvgIpc) is 2.47. The molecule has 0 aromatic heterocycles. The largest absolute Gasteiger partial charge is 0.398 e. The maximum absolute atomic E-state index is 6.12. The van der Waals surface area contributed by atoms with Crippen molar-refractivity contribution in [2.45, 2.75) is 32.6 Å². The van der Waals surface area contributed by atoms with E-state index in [1.54, 1.807) is 11.1 Å². The minimum Gasteiger partial charge on any atom is -0.398 e. The van der Waals surface area contributed by atoms with Crippen LogP contribution in [0.2, 0.25) is 0 Å². The zero-order valence-corrected chi connectivity index (χ0v) is 11.9. The fraction of sp³-hybridized carbons (Fsp3) is 0.263. The van der Waals surface area contributed by atoms with Gasteiger partial charge in [-0.1, -0.05) is 35.9 Å². The highest BCUT2D eigenvalue weighted by Gasteiger charge is 2.13. The predicted octanol–water partition coefficient (Wildman–Crippen LogP) is 2.40. The van der Waals surface area contributed by atoms with Gasteiger partial charge in [0.25, 0.3) is 0 Å². The lowest BCUT2D eigenvalue weighted by molar-refractivity contribution is 0.805. The SMILES string of the molecule is CC1=c2ccc3c(c2CCC1)CC=c1c(N)cccc1=3. The molecule has 2 aromatic rings. The molecule has 0 aliphatic heterocycles. The average molecular weight is 261 g/mol. The molecule has 0 radical (unpaired) electrons. The van der Waals surface area contributed by atoms with E-state index in [2.05, 4.69) is 37.3 Å². The summed E-state index contributed by atoms with van der Waals surface area (Å²) in [6, 6.07) is 10.9. The van der Waals surface area contributed by atoms with E-state index in [0.29, 0.717) is 0 Å². The topological polar surface area (TPSA) is 26.0 Å². The quantitative estimate of drug-likeness (QED) is 0.724. The second-order valence-corrected chi connectivity index (χ2v) is 5.97. The highest BCUT2D eigenvalue weighted by atomic mass is 14.5. The molecule has 0 heterocycles. The molecule has 0 saturated heterocycles. The summed E-state index contributed by atoms with van der Waals surface area (Å²) in [6.45, 7) is 2.28. The van der Waals surface area contributed by atoms with E-state index < -0.39 is 0 Å². The van der Waals surface area contributed by atoms with E-state index in [4.69, 9.17) is 5.73 Å². The minimum absolute atomic E-state index is 0.897. The number of hydrogen-bond donors (Lipinski definition) is 1. The Morgan fingerprint density at radius 1 is 0.900 bits per heavy atom. The van der Waals surface area contributed by atoms with Crippen LogP contribution in [0.4, 0.5) is 5.69 Å². The molecule has 2 aliphatic rings. The van der Waals surface area contributed by atoms with E-state index in [0.717, 1.165) is 12.1 Å². The number of benzene rings is 2. The van der Waals surface area contributed by atoms with Crippen LogP contribution in [0.1, 0.15) is 30.9 Å². The van der Waals surface area contributed by atoms with Gasteiger partial charge in [-0.25, -0.2) is 0 Å². The number of anilines is 1. The Balaban J connectivity index is 2.25. The van der Waals surface area contributed by atoms with Crippen molar-refractivity contribution >= 4 is 17.3 Å². The predicted molar refractivity (Wildman–Crippen MR) is 84.4 cm³/mol. The molecular formula is C19H19N. The summed E-state index contributed by atoms with van der Waals surface area (Å²) in [5, 5.41) is 5.41. The van der Waals surface area contributed by atoms with Crippen molar-refractivity contribution < 1.29 is 0 Å². The van der Waals surface area contributed by atoms with Gasteiger partial charge in [-0.3, -0.25) is 0 Å². The van der Waals surface area contributed by atoms with Gasteiger partial charge in [0, 0.05) is 10.9 Å². The third kappa shape index (κ3) is 1.56. The monoisotopic (exact) mass is 261 g/mol. The second-order valence-electron chi connectivity index (χ2n) is 5.97. The molecule has 0 unspecified atom stereocenters. The van der Waals surface area contributed by atoms with Crippen molar-refractivity contribution in [3.63, 3.8) is 0 Å². The first-order chi connectivity index (χ1) is 9.75.